The van der Waals surface area contributed by atoms with E-state index >= 15 is 0 Å². The number of likely N-dealkylation sites (tertiary alicyclic amines) is 1. The van der Waals surface area contributed by atoms with Gasteiger partial charge < -0.3 is 10.2 Å². The molecule has 5 heteroatoms. The first-order valence-electron chi connectivity index (χ1n) is 6.92. The van der Waals surface area contributed by atoms with Gasteiger partial charge in [0.25, 0.3) is 0 Å². The molecule has 0 unspecified atom stereocenters. The van der Waals surface area contributed by atoms with Gasteiger partial charge in [-0.15, -0.1) is 0 Å². The number of carbonyl (C=O) groups is 1. The third-order valence-corrected chi connectivity index (χ3v) is 3.90. The molecular weight excluding hydrogens is 252 g/mol. The van der Waals surface area contributed by atoms with Gasteiger partial charge in [0.05, 0.1) is 0 Å². The lowest BCUT2D eigenvalue weighted by Crippen LogP contribution is -2.36. The van der Waals surface area contributed by atoms with Crippen molar-refractivity contribution >= 4 is 22.5 Å². The maximum Gasteiger partial charge on any atom is 0.228 e. The summed E-state index contributed by atoms with van der Waals surface area (Å²) >= 11 is 0. The smallest absolute Gasteiger partial charge is 0.228 e. The lowest BCUT2D eigenvalue weighted by atomic mass is 9.96. The summed E-state index contributed by atoms with van der Waals surface area (Å²) in [5, 5.41) is 4.89. The summed E-state index contributed by atoms with van der Waals surface area (Å²) in [4.78, 5) is 23.0. The van der Waals surface area contributed by atoms with Crippen LogP contribution in [-0.2, 0) is 4.79 Å². The van der Waals surface area contributed by atoms with E-state index in [-0.39, 0.29) is 11.8 Å². The fourth-order valence-electron chi connectivity index (χ4n) is 2.61. The van der Waals surface area contributed by atoms with Crippen LogP contribution >= 0.6 is 0 Å². The van der Waals surface area contributed by atoms with Gasteiger partial charge in [-0.2, -0.15) is 0 Å². The van der Waals surface area contributed by atoms with Crippen LogP contribution in [-0.4, -0.2) is 40.9 Å². The van der Waals surface area contributed by atoms with Gasteiger partial charge in [-0.25, -0.2) is 4.98 Å². The third-order valence-electron chi connectivity index (χ3n) is 3.90. The second-order valence-electron chi connectivity index (χ2n) is 5.32. The number of aromatic nitrogens is 2. The molecule has 0 radical (unpaired) electrons. The molecule has 0 saturated carbocycles. The van der Waals surface area contributed by atoms with Gasteiger partial charge in [-0.3, -0.25) is 9.78 Å². The highest BCUT2D eigenvalue weighted by Gasteiger charge is 2.23. The summed E-state index contributed by atoms with van der Waals surface area (Å²) in [5.74, 6) is 0.800. The molecule has 3 heterocycles. The first-order chi connectivity index (χ1) is 9.74. The number of carbonyl (C=O) groups excluding carboxylic acids is 1. The van der Waals surface area contributed by atoms with E-state index in [1.165, 1.54) is 0 Å². The van der Waals surface area contributed by atoms with E-state index in [2.05, 4.69) is 27.2 Å². The van der Waals surface area contributed by atoms with Crippen LogP contribution < -0.4 is 5.32 Å². The van der Waals surface area contributed by atoms with Crippen LogP contribution in [0.1, 0.15) is 12.8 Å². The third kappa shape index (κ3) is 2.63. The van der Waals surface area contributed by atoms with E-state index in [0.29, 0.717) is 5.82 Å². The maximum absolute atomic E-state index is 12.3. The van der Waals surface area contributed by atoms with E-state index in [1.807, 2.05) is 12.1 Å². The summed E-state index contributed by atoms with van der Waals surface area (Å²) in [7, 11) is 2.09. The Morgan fingerprint density at radius 1 is 1.30 bits per heavy atom. The Balaban J connectivity index is 1.77. The fraction of sp³-hybridized carbons (Fsp3) is 0.400. The second-order valence-corrected chi connectivity index (χ2v) is 5.32. The number of fused-ring (bicyclic) bond motifs is 1. The molecule has 0 spiro atoms. The molecule has 5 nitrogen and oxygen atoms in total. The molecule has 0 aromatic carbocycles. The standard InChI is InChI=1S/C15H18N4O/c1-19-8-4-11(5-9-19)15(20)18-14-13-3-6-16-10-12(13)2-7-17-14/h2-3,6-7,10-11H,4-5,8-9H2,1H3,(H,17,18,20). The topological polar surface area (TPSA) is 58.1 Å². The summed E-state index contributed by atoms with van der Waals surface area (Å²) in [5.41, 5.74) is 0. The molecule has 2 aromatic heterocycles. The van der Waals surface area contributed by atoms with Gasteiger partial charge in [0.15, 0.2) is 0 Å². The van der Waals surface area contributed by atoms with Crippen LogP contribution in [0.2, 0.25) is 0 Å². The predicted octanol–water partition coefficient (Wildman–Crippen LogP) is 1.91. The van der Waals surface area contributed by atoms with Crippen molar-refractivity contribution in [1.82, 2.24) is 14.9 Å². The van der Waals surface area contributed by atoms with Crippen molar-refractivity contribution in [3.05, 3.63) is 30.7 Å². The Morgan fingerprint density at radius 2 is 2.10 bits per heavy atom. The number of piperidine rings is 1. The fourth-order valence-corrected chi connectivity index (χ4v) is 2.61. The Hall–Kier alpha value is -2.01. The van der Waals surface area contributed by atoms with Crippen molar-refractivity contribution in [1.29, 1.82) is 0 Å². The number of amides is 1. The van der Waals surface area contributed by atoms with Gasteiger partial charge in [-0.05, 0) is 45.1 Å². The maximum atomic E-state index is 12.3. The zero-order valence-electron chi connectivity index (χ0n) is 11.5. The molecule has 0 atom stereocenters. The highest BCUT2D eigenvalue weighted by atomic mass is 16.1. The minimum atomic E-state index is 0.0786. The predicted molar refractivity (Wildman–Crippen MR) is 78.4 cm³/mol. The summed E-state index contributed by atoms with van der Waals surface area (Å²) in [6, 6.07) is 3.78. The number of hydrogen-bond acceptors (Lipinski definition) is 4. The Labute approximate surface area is 118 Å². The minimum absolute atomic E-state index is 0.0786. The van der Waals surface area contributed by atoms with Crippen molar-refractivity contribution in [3.63, 3.8) is 0 Å². The summed E-state index contributed by atoms with van der Waals surface area (Å²) in [6.07, 6.45) is 7.02. The average molecular weight is 270 g/mol. The number of pyridine rings is 2. The summed E-state index contributed by atoms with van der Waals surface area (Å²) < 4.78 is 0. The number of rotatable bonds is 2. The van der Waals surface area contributed by atoms with Gasteiger partial charge in [0.1, 0.15) is 5.82 Å². The molecule has 104 valence electrons. The molecule has 1 aliphatic rings. The van der Waals surface area contributed by atoms with E-state index in [4.69, 9.17) is 0 Å². The van der Waals surface area contributed by atoms with E-state index in [0.717, 1.165) is 36.7 Å². The van der Waals surface area contributed by atoms with E-state index < -0.39 is 0 Å². The first kappa shape index (κ1) is 13.0. The lowest BCUT2D eigenvalue weighted by molar-refractivity contribution is -0.121. The van der Waals surface area contributed by atoms with Gasteiger partial charge in [-0.1, -0.05) is 0 Å². The van der Waals surface area contributed by atoms with Crippen molar-refractivity contribution in [3.8, 4) is 0 Å². The zero-order valence-corrected chi connectivity index (χ0v) is 11.5. The SMILES string of the molecule is CN1CCC(C(=O)Nc2nccc3cnccc23)CC1. The minimum Gasteiger partial charge on any atom is -0.310 e. The quantitative estimate of drug-likeness (QED) is 0.905. The molecule has 2 aromatic rings. The number of nitrogens with zero attached hydrogens (tertiary/aromatic N) is 3. The molecule has 1 saturated heterocycles. The van der Waals surface area contributed by atoms with Gasteiger partial charge in [0, 0.05) is 35.3 Å². The molecule has 1 fully saturated rings. The van der Waals surface area contributed by atoms with Gasteiger partial charge in [0.2, 0.25) is 5.91 Å². The zero-order chi connectivity index (χ0) is 13.9. The molecule has 3 rings (SSSR count). The molecule has 1 amide bonds. The number of anilines is 1. The van der Waals surface area contributed by atoms with Crippen molar-refractivity contribution in [2.75, 3.05) is 25.5 Å². The van der Waals surface area contributed by atoms with Crippen LogP contribution in [0.4, 0.5) is 5.82 Å². The molecule has 1 aliphatic heterocycles. The van der Waals surface area contributed by atoms with Crippen LogP contribution in [0.5, 0.6) is 0 Å². The molecule has 20 heavy (non-hydrogen) atoms. The normalized spacial score (nSPS) is 17.2. The van der Waals surface area contributed by atoms with Crippen molar-refractivity contribution in [2.24, 2.45) is 5.92 Å². The Morgan fingerprint density at radius 3 is 2.90 bits per heavy atom. The van der Waals surface area contributed by atoms with E-state index in [1.54, 1.807) is 18.6 Å². The Kier molecular flexibility index (Phi) is 3.60. The lowest BCUT2D eigenvalue weighted by Gasteiger charge is -2.28. The average Bonchev–Trinajstić information content (AvgIpc) is 2.48. The molecular formula is C15H18N4O. The summed E-state index contributed by atoms with van der Waals surface area (Å²) in [6.45, 7) is 1.95. The van der Waals surface area contributed by atoms with Gasteiger partial charge >= 0.3 is 0 Å². The highest BCUT2D eigenvalue weighted by molar-refractivity contribution is 6.00. The van der Waals surface area contributed by atoms with E-state index in [9.17, 15) is 4.79 Å². The second kappa shape index (κ2) is 5.54. The number of hydrogen-bond donors (Lipinski definition) is 1. The largest absolute Gasteiger partial charge is 0.310 e. The Bertz CT molecular complexity index is 615. The molecule has 1 N–H and O–H groups in total. The van der Waals surface area contributed by atoms with Crippen LogP contribution in [0.25, 0.3) is 10.8 Å². The van der Waals surface area contributed by atoms with Crippen molar-refractivity contribution in [2.45, 2.75) is 12.8 Å². The molecule has 0 aliphatic carbocycles. The van der Waals surface area contributed by atoms with Crippen LogP contribution in [0, 0.1) is 5.92 Å². The first-order valence-corrected chi connectivity index (χ1v) is 6.92. The van der Waals surface area contributed by atoms with Crippen molar-refractivity contribution < 1.29 is 4.79 Å². The van der Waals surface area contributed by atoms with Crippen LogP contribution in [0.3, 0.4) is 0 Å². The highest BCUT2D eigenvalue weighted by Crippen LogP contribution is 2.22. The monoisotopic (exact) mass is 270 g/mol. The molecule has 0 bridgehead atoms. The number of nitrogens with one attached hydrogen (secondary N) is 1. The van der Waals surface area contributed by atoms with Crippen LogP contribution in [0.15, 0.2) is 30.7 Å².